The van der Waals surface area contributed by atoms with Crippen LogP contribution in [-0.2, 0) is 0 Å². The maximum absolute atomic E-state index is 11.1. The van der Waals surface area contributed by atoms with Gasteiger partial charge in [-0.05, 0) is 0 Å². The van der Waals surface area contributed by atoms with Gasteiger partial charge in [-0.15, -0.1) is 5.11 Å². The van der Waals surface area contributed by atoms with Crippen LogP contribution in [0.3, 0.4) is 0 Å². The van der Waals surface area contributed by atoms with E-state index in [4.69, 9.17) is 11.3 Å². The largest absolute Gasteiger partial charge is 0.364 e. The molecule has 4 N–H and O–H groups in total. The zero-order valence-corrected chi connectivity index (χ0v) is 7.31. The number of nitrogens with one attached hydrogen (secondary N) is 2. The first-order chi connectivity index (χ1) is 6.61. The molecule has 1 heterocycles. The van der Waals surface area contributed by atoms with Crippen molar-refractivity contribution in [2.45, 2.75) is 0 Å². The minimum atomic E-state index is -0.835. The summed E-state index contributed by atoms with van der Waals surface area (Å²) in [7, 11) is 1.40. The highest BCUT2D eigenvalue weighted by molar-refractivity contribution is 5.97. The zero-order chi connectivity index (χ0) is 10.7. The molecule has 0 aliphatic heterocycles. The maximum Gasteiger partial charge on any atom is 0.328 e. The maximum atomic E-state index is 11.1. The highest BCUT2D eigenvalue weighted by atomic mass is 16.2. The highest BCUT2D eigenvalue weighted by Crippen LogP contribution is 2.16. The molecule has 1 aromatic rings. The fraction of sp³-hybridized carbons (Fsp3) is 0.167. The van der Waals surface area contributed by atoms with E-state index in [1.807, 2.05) is 0 Å². The second-order valence-corrected chi connectivity index (χ2v) is 2.32. The molecule has 0 aromatic carbocycles. The molecule has 0 fully saturated rings. The van der Waals surface area contributed by atoms with Crippen LogP contribution < -0.4 is 11.1 Å². The van der Waals surface area contributed by atoms with E-state index in [0.29, 0.717) is 0 Å². The predicted octanol–water partition coefficient (Wildman–Crippen LogP) is -0.168. The molecule has 0 aliphatic carbocycles. The average molecular weight is 196 g/mol. The molecular formula is C6H8N6O2. The number of hydrogen-bond donors (Lipinski definition) is 3. The van der Waals surface area contributed by atoms with Crippen LogP contribution in [-0.4, -0.2) is 28.5 Å². The van der Waals surface area contributed by atoms with E-state index in [0.717, 1.165) is 10.9 Å². The Kier molecular flexibility index (Phi) is 2.56. The number of primary amides is 1. The third-order valence-electron chi connectivity index (χ3n) is 1.51. The monoisotopic (exact) mass is 196 g/mol. The van der Waals surface area contributed by atoms with Crippen LogP contribution in [0.25, 0.3) is 0 Å². The number of carbonyl (C=O) groups excluding carboxylic acids is 2. The molecule has 14 heavy (non-hydrogen) atoms. The molecule has 0 spiro atoms. The summed E-state index contributed by atoms with van der Waals surface area (Å²) < 4.78 is 0.924. The second kappa shape index (κ2) is 3.64. The van der Waals surface area contributed by atoms with Crippen molar-refractivity contribution in [1.82, 2.24) is 14.9 Å². The second-order valence-electron chi connectivity index (χ2n) is 2.32. The number of imidazole rings is 1. The third-order valence-corrected chi connectivity index (χ3v) is 1.51. The number of aromatic nitrogens is 2. The van der Waals surface area contributed by atoms with E-state index >= 15 is 0 Å². The van der Waals surface area contributed by atoms with Gasteiger partial charge in [0.05, 0.1) is 0 Å². The molecule has 0 saturated heterocycles. The highest BCUT2D eigenvalue weighted by Gasteiger charge is 2.18. The zero-order valence-electron chi connectivity index (χ0n) is 7.31. The predicted molar refractivity (Wildman–Crippen MR) is 45.4 cm³/mol. The van der Waals surface area contributed by atoms with Crippen molar-refractivity contribution in [2.24, 2.45) is 10.8 Å². The van der Waals surface area contributed by atoms with Crippen molar-refractivity contribution in [3.63, 3.8) is 0 Å². The summed E-state index contributed by atoms with van der Waals surface area (Å²) in [6, 6.07) is -0.545. The van der Waals surface area contributed by atoms with Gasteiger partial charge in [0.2, 0.25) is 0 Å². The van der Waals surface area contributed by atoms with Crippen LogP contribution in [0.2, 0.25) is 0 Å². The Hall–Kier alpha value is -2.25. The summed E-state index contributed by atoms with van der Waals surface area (Å²) in [6.45, 7) is 0. The van der Waals surface area contributed by atoms with Gasteiger partial charge in [0.1, 0.15) is 6.33 Å². The van der Waals surface area contributed by atoms with E-state index in [9.17, 15) is 9.59 Å². The van der Waals surface area contributed by atoms with Crippen LogP contribution in [0.1, 0.15) is 10.5 Å². The Morgan fingerprint density at radius 3 is 2.79 bits per heavy atom. The van der Waals surface area contributed by atoms with Gasteiger partial charge in [0, 0.05) is 7.05 Å². The molecule has 0 saturated carbocycles. The quantitative estimate of drug-likeness (QED) is 0.568. The molecular weight excluding hydrogens is 188 g/mol. The van der Waals surface area contributed by atoms with Gasteiger partial charge in [-0.3, -0.25) is 4.79 Å². The fourth-order valence-electron chi connectivity index (χ4n) is 0.892. The summed E-state index contributed by atoms with van der Waals surface area (Å²) in [4.78, 5) is 25.5. The van der Waals surface area contributed by atoms with Gasteiger partial charge in [-0.25, -0.2) is 19.9 Å². The molecule has 0 bridgehead atoms. The van der Waals surface area contributed by atoms with E-state index in [-0.39, 0.29) is 11.5 Å². The smallest absolute Gasteiger partial charge is 0.328 e. The Balaban J connectivity index is 3.27. The lowest BCUT2D eigenvalue weighted by Crippen LogP contribution is -2.23. The molecule has 0 radical (unpaired) electrons. The minimum absolute atomic E-state index is 0.183. The fourth-order valence-corrected chi connectivity index (χ4v) is 0.892. The molecule has 2 amide bonds. The first-order valence-corrected chi connectivity index (χ1v) is 3.58. The number of rotatable bonds is 2. The normalized spacial score (nSPS) is 9.50. The van der Waals surface area contributed by atoms with E-state index in [1.165, 1.54) is 7.05 Å². The first kappa shape index (κ1) is 9.84. The lowest BCUT2D eigenvalue weighted by molar-refractivity contribution is 0.0996. The van der Waals surface area contributed by atoms with Crippen molar-refractivity contribution in [3.8, 4) is 0 Å². The summed E-state index contributed by atoms with van der Waals surface area (Å²) in [5, 5.41) is 5.31. The number of nitrogens with two attached hydrogens (primary N) is 1. The Labute approximate surface area is 78.6 Å². The number of hydrogen-bond acceptors (Lipinski definition) is 5. The lowest BCUT2D eigenvalue weighted by atomic mass is 10.4. The van der Waals surface area contributed by atoms with Crippen LogP contribution >= 0.6 is 0 Å². The molecule has 1 rings (SSSR count). The SMILES string of the molecule is CNC(=O)n1cnc(C(N)=O)c1N=N. The van der Waals surface area contributed by atoms with E-state index in [2.05, 4.69) is 15.4 Å². The van der Waals surface area contributed by atoms with Gasteiger partial charge in [-0.2, -0.15) is 0 Å². The molecule has 0 atom stereocenters. The summed E-state index contributed by atoms with van der Waals surface area (Å²) in [6.07, 6.45) is 1.08. The summed E-state index contributed by atoms with van der Waals surface area (Å²) in [5.41, 5.74) is 11.5. The van der Waals surface area contributed by atoms with Crippen LogP contribution in [0, 0.1) is 5.53 Å². The minimum Gasteiger partial charge on any atom is -0.364 e. The van der Waals surface area contributed by atoms with E-state index in [1.54, 1.807) is 0 Å². The molecule has 0 aliphatic rings. The number of nitrogens with zero attached hydrogens (tertiary/aromatic N) is 3. The van der Waals surface area contributed by atoms with Crippen molar-refractivity contribution in [1.29, 1.82) is 5.53 Å². The summed E-state index contributed by atoms with van der Waals surface area (Å²) >= 11 is 0. The number of amides is 2. The number of carbonyl (C=O) groups is 2. The van der Waals surface area contributed by atoms with Crippen LogP contribution in [0.5, 0.6) is 0 Å². The van der Waals surface area contributed by atoms with Gasteiger partial charge in [0.15, 0.2) is 11.5 Å². The van der Waals surface area contributed by atoms with Gasteiger partial charge in [0.25, 0.3) is 5.91 Å². The Bertz CT molecular complexity index is 395. The van der Waals surface area contributed by atoms with Gasteiger partial charge >= 0.3 is 6.03 Å². The van der Waals surface area contributed by atoms with Crippen molar-refractivity contribution < 1.29 is 9.59 Å². The molecule has 8 nitrogen and oxygen atoms in total. The topological polar surface area (TPSA) is 126 Å². The van der Waals surface area contributed by atoms with Crippen molar-refractivity contribution in [3.05, 3.63) is 12.0 Å². The third kappa shape index (κ3) is 1.44. The van der Waals surface area contributed by atoms with Crippen molar-refractivity contribution in [2.75, 3.05) is 7.05 Å². The standard InChI is InChI=1S/C6H8N6O2/c1-9-6(14)12-2-10-3(4(7)13)5(12)11-8/h2,8H,1H3,(H2,7,13)(H,9,14). The Morgan fingerprint density at radius 1 is 1.71 bits per heavy atom. The van der Waals surface area contributed by atoms with Crippen molar-refractivity contribution >= 4 is 17.8 Å². The summed E-state index contributed by atoms with van der Waals surface area (Å²) in [5.74, 6) is -1.02. The molecule has 74 valence electrons. The van der Waals surface area contributed by atoms with E-state index < -0.39 is 11.9 Å². The van der Waals surface area contributed by atoms with Crippen LogP contribution in [0.4, 0.5) is 10.6 Å². The van der Waals surface area contributed by atoms with Gasteiger partial charge in [-0.1, -0.05) is 0 Å². The first-order valence-electron chi connectivity index (χ1n) is 3.58. The van der Waals surface area contributed by atoms with Gasteiger partial charge < -0.3 is 11.1 Å². The molecule has 1 aromatic heterocycles. The molecule has 0 unspecified atom stereocenters. The average Bonchev–Trinajstić information content (AvgIpc) is 2.59. The Morgan fingerprint density at radius 2 is 2.36 bits per heavy atom. The molecule has 8 heteroatoms. The lowest BCUT2D eigenvalue weighted by Gasteiger charge is -2.00. The van der Waals surface area contributed by atoms with Crippen LogP contribution in [0.15, 0.2) is 11.4 Å².